The second kappa shape index (κ2) is 4.66. The molecule has 1 aromatic carbocycles. The number of rotatable bonds is 4. The Kier molecular flexibility index (Phi) is 3.25. The van der Waals surface area contributed by atoms with Crippen LogP contribution in [0.4, 0.5) is 4.39 Å². The average Bonchev–Trinajstić information content (AvgIpc) is 2.65. The van der Waals surface area contributed by atoms with E-state index in [2.05, 4.69) is 6.07 Å². The van der Waals surface area contributed by atoms with Gasteiger partial charge in [0.25, 0.3) is 0 Å². The maximum Gasteiger partial charge on any atom is 0.147 e. The first kappa shape index (κ1) is 11.1. The van der Waals surface area contributed by atoms with E-state index in [1.54, 1.807) is 6.07 Å². The van der Waals surface area contributed by atoms with Gasteiger partial charge in [0, 0.05) is 17.6 Å². The lowest BCUT2D eigenvalue weighted by atomic mass is 10.2. The molecule has 0 bridgehead atoms. The summed E-state index contributed by atoms with van der Waals surface area (Å²) in [4.78, 5) is 0. The zero-order chi connectivity index (χ0) is 11.5. The molecule has 1 heterocycles. The predicted molar refractivity (Wildman–Crippen MR) is 64.9 cm³/mol. The van der Waals surface area contributed by atoms with E-state index in [4.69, 9.17) is 5.73 Å². The van der Waals surface area contributed by atoms with Crippen molar-refractivity contribution in [2.45, 2.75) is 26.3 Å². The summed E-state index contributed by atoms with van der Waals surface area (Å²) in [7, 11) is 0. The summed E-state index contributed by atoms with van der Waals surface area (Å²) >= 11 is 0. The van der Waals surface area contributed by atoms with Crippen LogP contribution in [-0.4, -0.2) is 11.1 Å². The quantitative estimate of drug-likeness (QED) is 0.843. The molecule has 0 fully saturated rings. The minimum atomic E-state index is -0.140. The van der Waals surface area contributed by atoms with Gasteiger partial charge in [-0.3, -0.25) is 0 Å². The Morgan fingerprint density at radius 1 is 1.38 bits per heavy atom. The summed E-state index contributed by atoms with van der Waals surface area (Å²) in [5.41, 5.74) is 7.40. The zero-order valence-corrected chi connectivity index (χ0v) is 9.54. The van der Waals surface area contributed by atoms with Gasteiger partial charge in [0.1, 0.15) is 5.82 Å². The van der Waals surface area contributed by atoms with Gasteiger partial charge in [-0.1, -0.05) is 12.1 Å². The highest BCUT2D eigenvalue weighted by Gasteiger charge is 2.10. The third-order valence-corrected chi connectivity index (χ3v) is 2.91. The van der Waals surface area contributed by atoms with Crippen molar-refractivity contribution in [2.75, 3.05) is 6.54 Å². The lowest BCUT2D eigenvalue weighted by molar-refractivity contribution is 0.620. The Morgan fingerprint density at radius 2 is 2.19 bits per heavy atom. The van der Waals surface area contributed by atoms with Crippen LogP contribution in [-0.2, 0) is 13.0 Å². The molecule has 0 spiro atoms. The fraction of sp³-hybridized carbons (Fsp3) is 0.385. The van der Waals surface area contributed by atoms with E-state index in [1.807, 2.05) is 17.6 Å². The molecule has 0 unspecified atom stereocenters. The molecule has 2 aromatic rings. The first-order chi connectivity index (χ1) is 7.77. The van der Waals surface area contributed by atoms with E-state index < -0.39 is 0 Å². The molecule has 0 aliphatic carbocycles. The first-order valence-corrected chi connectivity index (χ1v) is 5.74. The Bertz CT molecular complexity index is 488. The minimum absolute atomic E-state index is 0.140. The standard InChI is InChI=1S/C13H17FN2/c1-2-16-11(6-4-8-15)9-10-5-3-7-12(14)13(10)16/h3,5,7,9H,2,4,6,8,15H2,1H3. The molecular formula is C13H17FN2. The molecule has 0 radical (unpaired) electrons. The molecule has 3 heteroatoms. The van der Waals surface area contributed by atoms with Crippen LogP contribution in [0.3, 0.4) is 0 Å². The molecule has 86 valence electrons. The third kappa shape index (κ3) is 1.83. The molecule has 2 rings (SSSR count). The fourth-order valence-corrected chi connectivity index (χ4v) is 2.19. The highest BCUT2D eigenvalue weighted by atomic mass is 19.1. The van der Waals surface area contributed by atoms with Gasteiger partial charge < -0.3 is 10.3 Å². The second-order valence-corrected chi connectivity index (χ2v) is 3.95. The number of aryl methyl sites for hydroxylation is 2. The van der Waals surface area contributed by atoms with E-state index in [0.29, 0.717) is 6.54 Å². The Balaban J connectivity index is 2.53. The lowest BCUT2D eigenvalue weighted by Crippen LogP contribution is -2.05. The zero-order valence-electron chi connectivity index (χ0n) is 9.54. The summed E-state index contributed by atoms with van der Waals surface area (Å²) in [6, 6.07) is 7.29. The van der Waals surface area contributed by atoms with Crippen molar-refractivity contribution in [3.05, 3.63) is 35.8 Å². The largest absolute Gasteiger partial charge is 0.343 e. The van der Waals surface area contributed by atoms with Gasteiger partial charge in [0.2, 0.25) is 0 Å². The van der Waals surface area contributed by atoms with Gasteiger partial charge >= 0.3 is 0 Å². The summed E-state index contributed by atoms with van der Waals surface area (Å²) in [5.74, 6) is -0.140. The van der Waals surface area contributed by atoms with Gasteiger partial charge in [-0.15, -0.1) is 0 Å². The molecule has 2 N–H and O–H groups in total. The number of halogens is 1. The molecule has 0 amide bonds. The number of benzene rings is 1. The van der Waals surface area contributed by atoms with E-state index in [1.165, 1.54) is 11.8 Å². The number of nitrogens with zero attached hydrogens (tertiary/aromatic N) is 1. The molecule has 1 aromatic heterocycles. The van der Waals surface area contributed by atoms with Crippen molar-refractivity contribution in [3.63, 3.8) is 0 Å². The number of para-hydroxylation sites is 1. The Hall–Kier alpha value is -1.35. The molecule has 0 aliphatic heterocycles. The topological polar surface area (TPSA) is 30.9 Å². The monoisotopic (exact) mass is 220 g/mol. The number of aromatic nitrogens is 1. The first-order valence-electron chi connectivity index (χ1n) is 5.74. The van der Waals surface area contributed by atoms with Crippen LogP contribution in [0.5, 0.6) is 0 Å². The van der Waals surface area contributed by atoms with Crippen molar-refractivity contribution < 1.29 is 4.39 Å². The second-order valence-electron chi connectivity index (χ2n) is 3.95. The van der Waals surface area contributed by atoms with Crippen LogP contribution in [0.1, 0.15) is 19.0 Å². The van der Waals surface area contributed by atoms with Crippen LogP contribution in [0.2, 0.25) is 0 Å². The lowest BCUT2D eigenvalue weighted by Gasteiger charge is -2.07. The predicted octanol–water partition coefficient (Wildman–Crippen LogP) is 2.69. The molecule has 0 atom stereocenters. The van der Waals surface area contributed by atoms with Gasteiger partial charge in [-0.25, -0.2) is 4.39 Å². The smallest absolute Gasteiger partial charge is 0.147 e. The summed E-state index contributed by atoms with van der Waals surface area (Å²) in [6.07, 6.45) is 1.86. The van der Waals surface area contributed by atoms with Crippen LogP contribution in [0.25, 0.3) is 10.9 Å². The van der Waals surface area contributed by atoms with Crippen molar-refractivity contribution in [3.8, 4) is 0 Å². The number of fused-ring (bicyclic) bond motifs is 1. The maximum absolute atomic E-state index is 13.7. The fourth-order valence-electron chi connectivity index (χ4n) is 2.19. The molecule has 16 heavy (non-hydrogen) atoms. The number of hydrogen-bond donors (Lipinski definition) is 1. The van der Waals surface area contributed by atoms with Crippen molar-refractivity contribution in [1.82, 2.24) is 4.57 Å². The molecule has 0 saturated heterocycles. The molecular weight excluding hydrogens is 203 g/mol. The van der Waals surface area contributed by atoms with Gasteiger partial charge in [0.15, 0.2) is 0 Å². The van der Waals surface area contributed by atoms with Gasteiger partial charge in [-0.2, -0.15) is 0 Å². The Morgan fingerprint density at radius 3 is 2.88 bits per heavy atom. The number of hydrogen-bond acceptors (Lipinski definition) is 1. The average molecular weight is 220 g/mol. The normalized spacial score (nSPS) is 11.2. The third-order valence-electron chi connectivity index (χ3n) is 2.91. The van der Waals surface area contributed by atoms with Gasteiger partial charge in [0.05, 0.1) is 5.52 Å². The molecule has 2 nitrogen and oxygen atoms in total. The van der Waals surface area contributed by atoms with Crippen LogP contribution >= 0.6 is 0 Å². The van der Waals surface area contributed by atoms with Crippen LogP contribution in [0, 0.1) is 5.82 Å². The van der Waals surface area contributed by atoms with Crippen molar-refractivity contribution in [1.29, 1.82) is 0 Å². The van der Waals surface area contributed by atoms with Crippen LogP contribution in [0.15, 0.2) is 24.3 Å². The van der Waals surface area contributed by atoms with E-state index in [0.717, 1.165) is 30.3 Å². The van der Waals surface area contributed by atoms with E-state index >= 15 is 0 Å². The van der Waals surface area contributed by atoms with E-state index in [9.17, 15) is 4.39 Å². The Labute approximate surface area is 94.9 Å². The van der Waals surface area contributed by atoms with E-state index in [-0.39, 0.29) is 5.82 Å². The van der Waals surface area contributed by atoms with Gasteiger partial charge in [-0.05, 0) is 38.4 Å². The maximum atomic E-state index is 13.7. The SMILES string of the molecule is CCn1c(CCCN)cc2cccc(F)c21. The number of nitrogens with two attached hydrogens (primary N) is 1. The summed E-state index contributed by atoms with van der Waals surface area (Å²) < 4.78 is 15.8. The minimum Gasteiger partial charge on any atom is -0.343 e. The van der Waals surface area contributed by atoms with Crippen LogP contribution < -0.4 is 5.73 Å². The van der Waals surface area contributed by atoms with Crippen molar-refractivity contribution >= 4 is 10.9 Å². The van der Waals surface area contributed by atoms with Crippen molar-refractivity contribution in [2.24, 2.45) is 5.73 Å². The summed E-state index contributed by atoms with van der Waals surface area (Å²) in [6.45, 7) is 3.51. The highest BCUT2D eigenvalue weighted by molar-refractivity contribution is 5.81. The molecule has 0 aliphatic rings. The highest BCUT2D eigenvalue weighted by Crippen LogP contribution is 2.23. The summed E-state index contributed by atoms with van der Waals surface area (Å²) in [5, 5.41) is 0.980. The molecule has 0 saturated carbocycles.